The number of carbonyl (C=O) groups is 1. The summed E-state index contributed by atoms with van der Waals surface area (Å²) in [5, 5.41) is -0.361. The fourth-order valence-electron chi connectivity index (χ4n) is 3.52. The van der Waals surface area contributed by atoms with Crippen LogP contribution in [0.2, 0.25) is 0 Å². The number of carbonyl (C=O) groups excluding carboxylic acids is 1. The van der Waals surface area contributed by atoms with Gasteiger partial charge in [-0.05, 0) is 32.1 Å². The lowest BCUT2D eigenvalue weighted by molar-refractivity contribution is -0.138. The average Bonchev–Trinajstić information content (AvgIpc) is 2.46. The quantitative estimate of drug-likeness (QED) is 0.834. The van der Waals surface area contributed by atoms with Gasteiger partial charge in [0.1, 0.15) is 15.6 Å². The van der Waals surface area contributed by atoms with Crippen molar-refractivity contribution < 1.29 is 17.9 Å². The van der Waals surface area contributed by atoms with Gasteiger partial charge in [0.2, 0.25) is 0 Å². The summed E-state index contributed by atoms with van der Waals surface area (Å²) >= 11 is 0. The minimum absolute atomic E-state index is 0.148. The number of ether oxygens (including phenoxy) is 1. The highest BCUT2D eigenvalue weighted by molar-refractivity contribution is 7.91. The van der Waals surface area contributed by atoms with Crippen molar-refractivity contribution in [3.05, 3.63) is 0 Å². The van der Waals surface area contributed by atoms with E-state index in [1.165, 1.54) is 6.26 Å². The molecule has 2 N–H and O–H groups in total. The molecule has 0 bridgehead atoms. The van der Waals surface area contributed by atoms with Crippen molar-refractivity contribution in [2.75, 3.05) is 26.0 Å². The molecule has 1 saturated heterocycles. The molecule has 2 fully saturated rings. The molecule has 1 aliphatic heterocycles. The van der Waals surface area contributed by atoms with Crippen molar-refractivity contribution in [2.45, 2.75) is 43.8 Å². The molecule has 2 rings (SSSR count). The summed E-state index contributed by atoms with van der Waals surface area (Å²) in [5.41, 5.74) is 5.39. The van der Waals surface area contributed by atoms with Crippen LogP contribution in [0.4, 0.5) is 0 Å². The maximum Gasteiger partial charge on any atom is 0.150 e. The van der Waals surface area contributed by atoms with E-state index < -0.39 is 15.3 Å². The van der Waals surface area contributed by atoms with E-state index in [4.69, 9.17) is 10.5 Å². The summed E-state index contributed by atoms with van der Waals surface area (Å²) in [5.74, 6) is 0.0294. The molecule has 1 saturated carbocycles. The second kappa shape index (κ2) is 6.12. The Morgan fingerprint density at radius 3 is 2.50 bits per heavy atom. The minimum atomic E-state index is -3.06. The largest absolute Gasteiger partial charge is 0.381 e. The van der Waals surface area contributed by atoms with Gasteiger partial charge in [-0.3, -0.25) is 4.79 Å². The minimum Gasteiger partial charge on any atom is -0.381 e. The third-order valence-electron chi connectivity index (χ3n) is 4.97. The van der Waals surface area contributed by atoms with Crippen molar-refractivity contribution >= 4 is 15.6 Å². The Balaban J connectivity index is 2.11. The summed E-state index contributed by atoms with van der Waals surface area (Å²) in [6.45, 7) is 1.49. The Morgan fingerprint density at radius 1 is 1.30 bits per heavy atom. The van der Waals surface area contributed by atoms with Crippen molar-refractivity contribution in [3.8, 4) is 0 Å². The number of nitrogens with two attached hydrogens (primary N) is 1. The Morgan fingerprint density at radius 2 is 1.95 bits per heavy atom. The van der Waals surface area contributed by atoms with Gasteiger partial charge >= 0.3 is 0 Å². The number of ketones is 1. The maximum atomic E-state index is 12.8. The summed E-state index contributed by atoms with van der Waals surface area (Å²) < 4.78 is 28.8. The van der Waals surface area contributed by atoms with Crippen LogP contribution in [0.1, 0.15) is 38.5 Å². The molecule has 6 heteroatoms. The van der Waals surface area contributed by atoms with Gasteiger partial charge in [-0.1, -0.05) is 6.42 Å². The molecular formula is C14H25NO4S. The molecule has 0 aromatic carbocycles. The second-order valence-electron chi connectivity index (χ2n) is 6.28. The Hall–Kier alpha value is -0.460. The van der Waals surface area contributed by atoms with E-state index in [9.17, 15) is 13.2 Å². The van der Waals surface area contributed by atoms with Gasteiger partial charge in [0.05, 0.1) is 5.25 Å². The Labute approximate surface area is 121 Å². The first-order chi connectivity index (χ1) is 9.39. The zero-order valence-electron chi connectivity index (χ0n) is 12.1. The fourth-order valence-corrected chi connectivity index (χ4v) is 4.69. The Bertz CT molecular complexity index is 454. The van der Waals surface area contributed by atoms with E-state index in [-0.39, 0.29) is 17.0 Å². The molecule has 0 aromatic heterocycles. The number of hydrogen-bond acceptors (Lipinski definition) is 5. The lowest BCUT2D eigenvalue weighted by atomic mass is 9.69. The van der Waals surface area contributed by atoms with Crippen LogP contribution in [0.3, 0.4) is 0 Å². The van der Waals surface area contributed by atoms with E-state index in [0.29, 0.717) is 45.4 Å². The molecule has 1 aliphatic carbocycles. The monoisotopic (exact) mass is 303 g/mol. The first-order valence-corrected chi connectivity index (χ1v) is 9.35. The first-order valence-electron chi connectivity index (χ1n) is 7.40. The number of rotatable bonds is 4. The molecule has 1 heterocycles. The van der Waals surface area contributed by atoms with Crippen LogP contribution in [0.5, 0.6) is 0 Å². The summed E-state index contributed by atoms with van der Waals surface area (Å²) in [6, 6.07) is 0. The number of hydrogen-bond donors (Lipinski definition) is 1. The highest BCUT2D eigenvalue weighted by atomic mass is 32.2. The third-order valence-corrected chi connectivity index (χ3v) is 6.60. The summed E-state index contributed by atoms with van der Waals surface area (Å²) in [6.07, 6.45) is 5.38. The molecule has 20 heavy (non-hydrogen) atoms. The van der Waals surface area contributed by atoms with E-state index in [1.807, 2.05) is 0 Å². The highest BCUT2D eigenvalue weighted by Crippen LogP contribution is 2.38. The van der Waals surface area contributed by atoms with E-state index in [2.05, 4.69) is 0 Å². The molecule has 0 spiro atoms. The normalized spacial score (nSPS) is 30.9. The zero-order valence-corrected chi connectivity index (χ0v) is 13.0. The SMILES string of the molecule is CS(=O)(=O)C1CCCC(C(=O)C2(CN)CCOCC2)C1. The molecule has 5 nitrogen and oxygen atoms in total. The van der Waals surface area contributed by atoms with E-state index in [1.54, 1.807) is 0 Å². The maximum absolute atomic E-state index is 12.8. The number of Topliss-reactive ketones (excluding diaryl/α,β-unsaturated/α-hetero) is 1. The van der Waals surface area contributed by atoms with Gasteiger partial charge in [-0.25, -0.2) is 8.42 Å². The van der Waals surface area contributed by atoms with Crippen LogP contribution in [0.25, 0.3) is 0 Å². The molecular weight excluding hydrogens is 278 g/mol. The Kier molecular flexibility index (Phi) is 4.87. The smallest absolute Gasteiger partial charge is 0.150 e. The molecule has 0 aromatic rings. The fraction of sp³-hybridized carbons (Fsp3) is 0.929. The molecule has 116 valence electrons. The number of sulfone groups is 1. The molecule has 2 atom stereocenters. The molecule has 2 unspecified atom stereocenters. The lowest BCUT2D eigenvalue weighted by Gasteiger charge is -2.39. The van der Waals surface area contributed by atoms with Crippen molar-refractivity contribution in [3.63, 3.8) is 0 Å². The molecule has 0 amide bonds. The average molecular weight is 303 g/mol. The van der Waals surface area contributed by atoms with E-state index >= 15 is 0 Å². The topological polar surface area (TPSA) is 86.5 Å². The standard InChI is InChI=1S/C14H25NO4S/c1-20(17,18)12-4-2-3-11(9-12)13(16)14(10-15)5-7-19-8-6-14/h11-12H,2-10,15H2,1H3. The van der Waals surface area contributed by atoms with Gasteiger partial charge < -0.3 is 10.5 Å². The van der Waals surface area contributed by atoms with Crippen molar-refractivity contribution in [2.24, 2.45) is 17.1 Å². The van der Waals surface area contributed by atoms with Crippen molar-refractivity contribution in [1.29, 1.82) is 0 Å². The summed E-state index contributed by atoms with van der Waals surface area (Å²) in [4.78, 5) is 12.8. The van der Waals surface area contributed by atoms with Gasteiger partial charge in [0.15, 0.2) is 0 Å². The van der Waals surface area contributed by atoms with Crippen LogP contribution in [0.15, 0.2) is 0 Å². The van der Waals surface area contributed by atoms with Gasteiger partial charge in [-0.15, -0.1) is 0 Å². The third kappa shape index (κ3) is 3.23. The first kappa shape index (κ1) is 15.9. The van der Waals surface area contributed by atoms with Gasteiger partial charge in [-0.2, -0.15) is 0 Å². The van der Waals surface area contributed by atoms with Crippen LogP contribution in [-0.4, -0.2) is 45.5 Å². The van der Waals surface area contributed by atoms with Crippen LogP contribution >= 0.6 is 0 Å². The predicted octanol–water partition coefficient (Wildman–Crippen LogP) is 0.914. The van der Waals surface area contributed by atoms with E-state index in [0.717, 1.165) is 12.8 Å². The lowest BCUT2D eigenvalue weighted by Crippen LogP contribution is -2.47. The highest BCUT2D eigenvalue weighted by Gasteiger charge is 2.44. The molecule has 0 radical (unpaired) electrons. The second-order valence-corrected chi connectivity index (χ2v) is 8.60. The van der Waals surface area contributed by atoms with Crippen molar-refractivity contribution in [1.82, 2.24) is 0 Å². The predicted molar refractivity (Wildman–Crippen MR) is 77.1 cm³/mol. The van der Waals surface area contributed by atoms with Gasteiger partial charge in [0, 0.05) is 37.3 Å². The van der Waals surface area contributed by atoms with Crippen LogP contribution < -0.4 is 5.73 Å². The summed E-state index contributed by atoms with van der Waals surface area (Å²) in [7, 11) is -3.06. The van der Waals surface area contributed by atoms with Crippen LogP contribution in [0, 0.1) is 11.3 Å². The van der Waals surface area contributed by atoms with Gasteiger partial charge in [0.25, 0.3) is 0 Å². The molecule has 2 aliphatic rings. The zero-order chi connectivity index (χ0) is 14.8. The van der Waals surface area contributed by atoms with Crippen LogP contribution in [-0.2, 0) is 19.4 Å².